The van der Waals surface area contributed by atoms with Crippen molar-refractivity contribution in [1.82, 2.24) is 5.32 Å². The average Bonchev–Trinajstić information content (AvgIpc) is 2.95. The van der Waals surface area contributed by atoms with E-state index < -0.39 is 12.0 Å². The van der Waals surface area contributed by atoms with Gasteiger partial charge in [-0.15, -0.1) is 0 Å². The van der Waals surface area contributed by atoms with E-state index in [-0.39, 0.29) is 17.7 Å². The van der Waals surface area contributed by atoms with E-state index in [9.17, 15) is 9.59 Å². The van der Waals surface area contributed by atoms with Gasteiger partial charge < -0.3 is 14.5 Å². The van der Waals surface area contributed by atoms with Gasteiger partial charge >= 0.3 is 5.97 Å². The maximum Gasteiger partial charge on any atom is 0.328 e. The van der Waals surface area contributed by atoms with Gasteiger partial charge in [-0.1, -0.05) is 0 Å². The van der Waals surface area contributed by atoms with Crippen LogP contribution < -0.4 is 5.32 Å². The summed E-state index contributed by atoms with van der Waals surface area (Å²) in [6.45, 7) is 1.61. The number of ether oxygens (including phenoxy) is 1. The lowest BCUT2D eigenvalue weighted by atomic mass is 10.2. The van der Waals surface area contributed by atoms with Crippen LogP contribution in [0.1, 0.15) is 25.0 Å². The molecular weight excluding hydrogens is 222 g/mol. The van der Waals surface area contributed by atoms with E-state index in [0.717, 1.165) is 12.2 Å². The molecule has 2 rings (SSSR count). The number of hydrogen-bond donors (Lipinski definition) is 1. The van der Waals surface area contributed by atoms with Gasteiger partial charge in [0.25, 0.3) is 0 Å². The Labute approximate surface area is 99.1 Å². The van der Waals surface area contributed by atoms with Crippen LogP contribution in [0, 0.1) is 5.92 Å². The van der Waals surface area contributed by atoms with Gasteiger partial charge in [-0.3, -0.25) is 4.79 Å². The SMILES string of the molecule is COC(=O)[C@@H](C)NC(=O)[C@@H]1C[C@H]1c1ccco1. The monoisotopic (exact) mass is 237 g/mol. The zero-order chi connectivity index (χ0) is 12.4. The van der Waals surface area contributed by atoms with Crippen LogP contribution in [0.5, 0.6) is 0 Å². The van der Waals surface area contributed by atoms with Gasteiger partial charge in [0.05, 0.1) is 13.4 Å². The molecule has 1 fully saturated rings. The summed E-state index contributed by atoms with van der Waals surface area (Å²) in [5.41, 5.74) is 0. The van der Waals surface area contributed by atoms with Crippen molar-refractivity contribution in [3.05, 3.63) is 24.2 Å². The Morgan fingerprint density at radius 1 is 1.59 bits per heavy atom. The normalized spacial score (nSPS) is 23.9. The van der Waals surface area contributed by atoms with Crippen molar-refractivity contribution in [2.24, 2.45) is 5.92 Å². The maximum absolute atomic E-state index is 11.8. The summed E-state index contributed by atoms with van der Waals surface area (Å²) in [4.78, 5) is 22.9. The number of furan rings is 1. The third kappa shape index (κ3) is 2.49. The van der Waals surface area contributed by atoms with Gasteiger partial charge in [-0.25, -0.2) is 4.79 Å². The molecule has 0 unspecified atom stereocenters. The van der Waals surface area contributed by atoms with E-state index in [2.05, 4.69) is 10.1 Å². The molecule has 0 spiro atoms. The zero-order valence-electron chi connectivity index (χ0n) is 9.80. The lowest BCUT2D eigenvalue weighted by Gasteiger charge is -2.10. The van der Waals surface area contributed by atoms with E-state index in [1.54, 1.807) is 19.3 Å². The van der Waals surface area contributed by atoms with E-state index in [4.69, 9.17) is 4.42 Å². The van der Waals surface area contributed by atoms with Crippen LogP contribution in [0.15, 0.2) is 22.8 Å². The smallest absolute Gasteiger partial charge is 0.328 e. The van der Waals surface area contributed by atoms with Gasteiger partial charge in [0, 0.05) is 11.8 Å². The molecule has 1 amide bonds. The number of esters is 1. The molecule has 0 saturated heterocycles. The van der Waals surface area contributed by atoms with Crippen molar-refractivity contribution in [1.29, 1.82) is 0 Å². The predicted octanol–water partition coefficient (Wildman–Crippen LogP) is 1.06. The first-order valence-electron chi connectivity index (χ1n) is 5.55. The quantitative estimate of drug-likeness (QED) is 0.795. The average molecular weight is 237 g/mol. The van der Waals surface area contributed by atoms with E-state index in [1.807, 2.05) is 6.07 Å². The van der Waals surface area contributed by atoms with Crippen LogP contribution >= 0.6 is 0 Å². The highest BCUT2D eigenvalue weighted by atomic mass is 16.5. The second kappa shape index (κ2) is 4.61. The fourth-order valence-corrected chi connectivity index (χ4v) is 1.86. The molecule has 1 aliphatic carbocycles. The Hall–Kier alpha value is -1.78. The van der Waals surface area contributed by atoms with Crippen LogP contribution in [-0.2, 0) is 14.3 Å². The minimum absolute atomic E-state index is 0.0896. The van der Waals surface area contributed by atoms with Crippen LogP contribution in [0.3, 0.4) is 0 Å². The molecule has 1 heterocycles. The summed E-state index contributed by atoms with van der Waals surface area (Å²) < 4.78 is 9.78. The molecule has 5 nitrogen and oxygen atoms in total. The topological polar surface area (TPSA) is 68.5 Å². The Morgan fingerprint density at radius 3 is 2.94 bits per heavy atom. The van der Waals surface area contributed by atoms with Crippen molar-refractivity contribution in [3.8, 4) is 0 Å². The maximum atomic E-state index is 11.8. The standard InChI is InChI=1S/C12H15NO4/c1-7(12(15)16-2)13-11(14)9-6-8(9)10-4-3-5-17-10/h3-5,7-9H,6H2,1-2H3,(H,13,14)/t7-,8-,9-/m1/s1. The first-order valence-corrected chi connectivity index (χ1v) is 5.55. The number of nitrogens with one attached hydrogen (secondary N) is 1. The lowest BCUT2D eigenvalue weighted by molar-refractivity contribution is -0.144. The molecule has 1 saturated carbocycles. The number of hydrogen-bond acceptors (Lipinski definition) is 4. The minimum Gasteiger partial charge on any atom is -0.469 e. The molecule has 5 heteroatoms. The number of rotatable bonds is 4. The van der Waals surface area contributed by atoms with Crippen molar-refractivity contribution >= 4 is 11.9 Å². The predicted molar refractivity (Wildman–Crippen MR) is 59.2 cm³/mol. The highest BCUT2D eigenvalue weighted by molar-refractivity contribution is 5.87. The van der Waals surface area contributed by atoms with Gasteiger partial charge in [-0.05, 0) is 25.5 Å². The third-order valence-corrected chi connectivity index (χ3v) is 2.95. The summed E-state index contributed by atoms with van der Waals surface area (Å²) in [7, 11) is 1.30. The van der Waals surface area contributed by atoms with E-state index in [1.165, 1.54) is 7.11 Å². The summed E-state index contributed by atoms with van der Waals surface area (Å²) in [5, 5.41) is 2.63. The molecular formula is C12H15NO4. The van der Waals surface area contributed by atoms with Crippen LogP contribution in [-0.4, -0.2) is 25.0 Å². The van der Waals surface area contributed by atoms with Crippen molar-refractivity contribution < 1.29 is 18.7 Å². The minimum atomic E-state index is -0.606. The molecule has 1 aliphatic rings. The van der Waals surface area contributed by atoms with Crippen molar-refractivity contribution in [3.63, 3.8) is 0 Å². The molecule has 1 aromatic rings. The second-order valence-corrected chi connectivity index (χ2v) is 4.22. The molecule has 92 valence electrons. The van der Waals surface area contributed by atoms with E-state index in [0.29, 0.717) is 0 Å². The summed E-state index contributed by atoms with van der Waals surface area (Å²) in [6, 6.07) is 3.06. The van der Waals surface area contributed by atoms with Gasteiger partial charge in [0.2, 0.25) is 5.91 Å². The van der Waals surface area contributed by atoms with Crippen molar-refractivity contribution in [2.75, 3.05) is 7.11 Å². The first kappa shape index (κ1) is 11.7. The fraction of sp³-hybridized carbons (Fsp3) is 0.500. The van der Waals surface area contributed by atoms with Gasteiger partial charge in [0.15, 0.2) is 0 Å². The van der Waals surface area contributed by atoms with Gasteiger partial charge in [0.1, 0.15) is 11.8 Å². The summed E-state index contributed by atoms with van der Waals surface area (Å²) in [6.07, 6.45) is 2.37. The number of carbonyl (C=O) groups is 2. The Bertz CT molecular complexity index is 412. The third-order valence-electron chi connectivity index (χ3n) is 2.95. The van der Waals surface area contributed by atoms with E-state index >= 15 is 0 Å². The molecule has 1 aromatic heterocycles. The lowest BCUT2D eigenvalue weighted by Crippen LogP contribution is -2.40. The molecule has 0 bridgehead atoms. The van der Waals surface area contributed by atoms with Crippen LogP contribution in [0.25, 0.3) is 0 Å². The molecule has 3 atom stereocenters. The largest absolute Gasteiger partial charge is 0.469 e. The zero-order valence-corrected chi connectivity index (χ0v) is 9.80. The second-order valence-electron chi connectivity index (χ2n) is 4.22. The van der Waals surface area contributed by atoms with Crippen molar-refractivity contribution in [2.45, 2.75) is 25.3 Å². The molecule has 0 radical (unpaired) electrons. The number of carbonyl (C=O) groups excluding carboxylic acids is 2. The highest BCUT2D eigenvalue weighted by Crippen LogP contribution is 2.47. The van der Waals surface area contributed by atoms with Crippen LogP contribution in [0.4, 0.5) is 0 Å². The fourth-order valence-electron chi connectivity index (χ4n) is 1.86. The Morgan fingerprint density at radius 2 is 2.35 bits per heavy atom. The summed E-state index contributed by atoms with van der Waals surface area (Å²) >= 11 is 0. The first-order chi connectivity index (χ1) is 8.13. The molecule has 0 aromatic carbocycles. The Kier molecular flexibility index (Phi) is 3.17. The Balaban J connectivity index is 1.85. The molecule has 17 heavy (non-hydrogen) atoms. The molecule has 1 N–H and O–H groups in total. The highest BCUT2D eigenvalue weighted by Gasteiger charge is 2.46. The van der Waals surface area contributed by atoms with Crippen LogP contribution in [0.2, 0.25) is 0 Å². The number of methoxy groups -OCH3 is 1. The van der Waals surface area contributed by atoms with Gasteiger partial charge in [-0.2, -0.15) is 0 Å². The summed E-state index contributed by atoms with van der Waals surface area (Å²) in [5.74, 6) is 0.330. The molecule has 0 aliphatic heterocycles. The number of amides is 1.